The van der Waals surface area contributed by atoms with E-state index in [-0.39, 0.29) is 5.91 Å². The van der Waals surface area contributed by atoms with Crippen LogP contribution in [0.4, 0.5) is 0 Å². The monoisotopic (exact) mass is 204 g/mol. The van der Waals surface area contributed by atoms with Crippen LogP contribution in [0.3, 0.4) is 0 Å². The van der Waals surface area contributed by atoms with Crippen LogP contribution < -0.4 is 5.32 Å². The van der Waals surface area contributed by atoms with E-state index in [4.69, 9.17) is 11.6 Å². The van der Waals surface area contributed by atoms with Gasteiger partial charge in [0.1, 0.15) is 0 Å². The summed E-state index contributed by atoms with van der Waals surface area (Å²) >= 11 is 5.54. The molecule has 1 aliphatic rings. The Morgan fingerprint density at radius 3 is 2.92 bits per heavy atom. The first-order chi connectivity index (χ1) is 6.15. The number of carbonyl (C=O) groups is 1. The highest BCUT2D eigenvalue weighted by molar-refractivity contribution is 6.18. The van der Waals surface area contributed by atoms with Gasteiger partial charge in [0.05, 0.1) is 0 Å². The third-order valence-corrected chi connectivity index (χ3v) is 2.58. The number of hydrogen-bond acceptors (Lipinski definition) is 2. The number of piperazine rings is 1. The maximum Gasteiger partial charge on any atom is 0.224 e. The van der Waals surface area contributed by atoms with E-state index in [0.29, 0.717) is 24.4 Å². The smallest absolute Gasteiger partial charge is 0.224 e. The Labute approximate surface area is 84.4 Å². The van der Waals surface area contributed by atoms with Crippen LogP contribution in [0.25, 0.3) is 0 Å². The molecule has 0 aromatic rings. The molecular weight excluding hydrogens is 188 g/mol. The van der Waals surface area contributed by atoms with Gasteiger partial charge in [0, 0.05) is 37.5 Å². The molecule has 0 radical (unpaired) electrons. The van der Waals surface area contributed by atoms with Gasteiger partial charge >= 0.3 is 0 Å². The molecule has 0 saturated carbocycles. The van der Waals surface area contributed by atoms with Crippen molar-refractivity contribution in [3.8, 4) is 0 Å². The molecule has 0 aliphatic carbocycles. The molecule has 1 fully saturated rings. The van der Waals surface area contributed by atoms with E-state index in [1.54, 1.807) is 0 Å². The van der Waals surface area contributed by atoms with Crippen molar-refractivity contribution in [1.29, 1.82) is 0 Å². The molecule has 1 amide bonds. The first-order valence-electron chi connectivity index (χ1n) is 4.74. The second kappa shape index (κ2) is 4.82. The Hall–Kier alpha value is -0.280. The highest BCUT2D eigenvalue weighted by Crippen LogP contribution is 2.08. The van der Waals surface area contributed by atoms with E-state index in [1.165, 1.54) is 0 Å². The zero-order valence-corrected chi connectivity index (χ0v) is 8.97. The molecule has 2 atom stereocenters. The van der Waals surface area contributed by atoms with Gasteiger partial charge in [0.2, 0.25) is 5.91 Å². The molecule has 1 heterocycles. The van der Waals surface area contributed by atoms with E-state index in [0.717, 1.165) is 13.1 Å². The fourth-order valence-corrected chi connectivity index (χ4v) is 1.76. The lowest BCUT2D eigenvalue weighted by Crippen LogP contribution is -2.56. The third kappa shape index (κ3) is 2.85. The quantitative estimate of drug-likeness (QED) is 0.676. The van der Waals surface area contributed by atoms with Crippen molar-refractivity contribution >= 4 is 17.5 Å². The second-order valence-corrected chi connectivity index (χ2v) is 4.02. The number of nitrogens with one attached hydrogen (secondary N) is 1. The Kier molecular flexibility index (Phi) is 4.00. The van der Waals surface area contributed by atoms with Crippen molar-refractivity contribution in [2.24, 2.45) is 0 Å². The predicted molar refractivity (Wildman–Crippen MR) is 54.0 cm³/mol. The second-order valence-electron chi connectivity index (χ2n) is 3.64. The number of amides is 1. The molecule has 0 aromatic heterocycles. The van der Waals surface area contributed by atoms with Gasteiger partial charge in [-0.05, 0) is 13.8 Å². The summed E-state index contributed by atoms with van der Waals surface area (Å²) in [6.45, 7) is 5.84. The maximum absolute atomic E-state index is 11.6. The van der Waals surface area contributed by atoms with Gasteiger partial charge in [-0.3, -0.25) is 4.79 Å². The maximum atomic E-state index is 11.6. The van der Waals surface area contributed by atoms with Crippen LogP contribution in [-0.2, 0) is 4.79 Å². The van der Waals surface area contributed by atoms with E-state index in [2.05, 4.69) is 19.2 Å². The lowest BCUT2D eigenvalue weighted by Gasteiger charge is -2.37. The third-order valence-electron chi connectivity index (χ3n) is 2.39. The highest BCUT2D eigenvalue weighted by Gasteiger charge is 2.25. The fraction of sp³-hybridized carbons (Fsp3) is 0.889. The van der Waals surface area contributed by atoms with Crippen molar-refractivity contribution in [3.63, 3.8) is 0 Å². The number of hydrogen-bond donors (Lipinski definition) is 1. The summed E-state index contributed by atoms with van der Waals surface area (Å²) < 4.78 is 0. The van der Waals surface area contributed by atoms with Crippen LogP contribution in [0.2, 0.25) is 0 Å². The Balaban J connectivity index is 2.50. The minimum absolute atomic E-state index is 0.177. The largest absolute Gasteiger partial charge is 0.337 e. The summed E-state index contributed by atoms with van der Waals surface area (Å²) in [5.41, 5.74) is 0. The molecule has 0 unspecified atom stereocenters. The van der Waals surface area contributed by atoms with Crippen molar-refractivity contribution in [2.75, 3.05) is 19.0 Å². The standard InChI is InChI=1S/C9H17ClN2O/c1-7-6-12(8(2)5-11-7)9(13)3-4-10/h7-8,11H,3-6H2,1-2H3/t7-,8+/m0/s1. The minimum Gasteiger partial charge on any atom is -0.337 e. The van der Waals surface area contributed by atoms with Gasteiger partial charge in [-0.1, -0.05) is 0 Å². The first kappa shape index (κ1) is 10.8. The Bertz CT molecular complexity index is 186. The number of carbonyl (C=O) groups excluding carboxylic acids is 1. The number of halogens is 1. The molecule has 0 aromatic carbocycles. The van der Waals surface area contributed by atoms with Gasteiger partial charge < -0.3 is 10.2 Å². The topological polar surface area (TPSA) is 32.3 Å². The van der Waals surface area contributed by atoms with Crippen molar-refractivity contribution < 1.29 is 4.79 Å². The van der Waals surface area contributed by atoms with Gasteiger partial charge in [-0.15, -0.1) is 11.6 Å². The van der Waals surface area contributed by atoms with E-state index in [9.17, 15) is 4.79 Å². The Morgan fingerprint density at radius 2 is 2.31 bits per heavy atom. The number of alkyl halides is 1. The molecule has 76 valence electrons. The average Bonchev–Trinajstić information content (AvgIpc) is 2.09. The fourth-order valence-electron chi connectivity index (χ4n) is 1.59. The number of rotatable bonds is 2. The van der Waals surface area contributed by atoms with E-state index >= 15 is 0 Å². The lowest BCUT2D eigenvalue weighted by molar-refractivity contribution is -0.134. The normalized spacial score (nSPS) is 29.0. The summed E-state index contributed by atoms with van der Waals surface area (Å²) in [6.07, 6.45) is 0.457. The van der Waals surface area contributed by atoms with Crippen LogP contribution in [-0.4, -0.2) is 41.9 Å². The lowest BCUT2D eigenvalue weighted by atomic mass is 10.1. The molecule has 1 aliphatic heterocycles. The Morgan fingerprint density at radius 1 is 1.62 bits per heavy atom. The summed E-state index contributed by atoms with van der Waals surface area (Å²) in [4.78, 5) is 13.5. The molecule has 13 heavy (non-hydrogen) atoms. The number of nitrogens with zero attached hydrogens (tertiary/aromatic N) is 1. The van der Waals surface area contributed by atoms with Crippen LogP contribution in [0.15, 0.2) is 0 Å². The van der Waals surface area contributed by atoms with Crippen LogP contribution >= 0.6 is 11.6 Å². The molecule has 0 spiro atoms. The van der Waals surface area contributed by atoms with E-state index in [1.807, 2.05) is 4.90 Å². The molecular formula is C9H17ClN2O. The predicted octanol–water partition coefficient (Wildman–Crippen LogP) is 0.824. The SMILES string of the molecule is C[C@@H]1CN[C@@H](C)CN1C(=O)CCCl. The van der Waals surface area contributed by atoms with Crippen molar-refractivity contribution in [3.05, 3.63) is 0 Å². The molecule has 1 N–H and O–H groups in total. The average molecular weight is 205 g/mol. The molecule has 1 rings (SSSR count). The van der Waals surface area contributed by atoms with Crippen LogP contribution in [0.5, 0.6) is 0 Å². The summed E-state index contributed by atoms with van der Waals surface area (Å²) in [5, 5.41) is 3.33. The van der Waals surface area contributed by atoms with E-state index < -0.39 is 0 Å². The van der Waals surface area contributed by atoms with Crippen molar-refractivity contribution in [2.45, 2.75) is 32.4 Å². The summed E-state index contributed by atoms with van der Waals surface area (Å²) in [5.74, 6) is 0.597. The van der Waals surface area contributed by atoms with Gasteiger partial charge in [0.15, 0.2) is 0 Å². The molecule has 1 saturated heterocycles. The zero-order valence-electron chi connectivity index (χ0n) is 8.22. The zero-order chi connectivity index (χ0) is 9.84. The highest BCUT2D eigenvalue weighted by atomic mass is 35.5. The van der Waals surface area contributed by atoms with Gasteiger partial charge in [0.25, 0.3) is 0 Å². The van der Waals surface area contributed by atoms with Crippen LogP contribution in [0.1, 0.15) is 20.3 Å². The van der Waals surface area contributed by atoms with Crippen molar-refractivity contribution in [1.82, 2.24) is 10.2 Å². The first-order valence-corrected chi connectivity index (χ1v) is 5.27. The molecule has 0 bridgehead atoms. The minimum atomic E-state index is 0.177. The van der Waals surface area contributed by atoms with Gasteiger partial charge in [-0.25, -0.2) is 0 Å². The van der Waals surface area contributed by atoms with Crippen LogP contribution in [0, 0.1) is 0 Å². The summed E-state index contributed by atoms with van der Waals surface area (Å²) in [6, 6.07) is 0.697. The molecule has 4 heteroatoms. The van der Waals surface area contributed by atoms with Gasteiger partial charge in [-0.2, -0.15) is 0 Å². The summed E-state index contributed by atoms with van der Waals surface area (Å²) in [7, 11) is 0. The molecule has 3 nitrogen and oxygen atoms in total.